The molecule has 0 N–H and O–H groups in total. The van der Waals surface area contributed by atoms with Crippen LogP contribution in [0.5, 0.6) is 0 Å². The van der Waals surface area contributed by atoms with Crippen LogP contribution in [0.2, 0.25) is 0 Å². The molecule has 0 aromatic rings. The Morgan fingerprint density at radius 3 is 2.78 bits per heavy atom. The summed E-state index contributed by atoms with van der Waals surface area (Å²) in [6, 6.07) is 0. The lowest BCUT2D eigenvalue weighted by molar-refractivity contribution is 0.168. The van der Waals surface area contributed by atoms with Crippen molar-refractivity contribution in [1.82, 2.24) is 0 Å². The summed E-state index contributed by atoms with van der Waals surface area (Å²) in [4.78, 5) is 0. The van der Waals surface area contributed by atoms with Crippen molar-refractivity contribution in [1.29, 1.82) is 0 Å². The standard InChI is InChI=1S/C8H14O/c1-7-5-8(6-7)3-4-9-2/h8H,1,3-6H2,2H3. The molecule has 0 heterocycles. The van der Waals surface area contributed by atoms with Gasteiger partial charge in [0.2, 0.25) is 0 Å². The van der Waals surface area contributed by atoms with Gasteiger partial charge in [-0.2, -0.15) is 0 Å². The van der Waals surface area contributed by atoms with E-state index < -0.39 is 0 Å². The van der Waals surface area contributed by atoms with Crippen LogP contribution in [-0.2, 0) is 4.74 Å². The number of allylic oxidation sites excluding steroid dienone is 1. The Balaban J connectivity index is 1.97. The Morgan fingerprint density at radius 1 is 1.67 bits per heavy atom. The van der Waals surface area contributed by atoms with Gasteiger partial charge in [-0.05, 0) is 25.2 Å². The molecule has 1 heteroatoms. The zero-order chi connectivity index (χ0) is 6.69. The summed E-state index contributed by atoms with van der Waals surface area (Å²) >= 11 is 0. The number of methoxy groups -OCH3 is 1. The molecule has 52 valence electrons. The lowest BCUT2D eigenvalue weighted by Gasteiger charge is -2.27. The third kappa shape index (κ3) is 1.83. The lowest BCUT2D eigenvalue weighted by Crippen LogP contribution is -2.15. The number of hydrogen-bond acceptors (Lipinski definition) is 1. The fourth-order valence-corrected chi connectivity index (χ4v) is 1.25. The Bertz CT molecular complexity index is 99.1. The average Bonchev–Trinajstić information content (AvgIpc) is 1.78. The molecule has 0 aromatic heterocycles. The molecule has 0 spiro atoms. The number of hydrogen-bond donors (Lipinski definition) is 0. The van der Waals surface area contributed by atoms with Crippen molar-refractivity contribution >= 4 is 0 Å². The van der Waals surface area contributed by atoms with E-state index >= 15 is 0 Å². The van der Waals surface area contributed by atoms with Gasteiger partial charge in [0.25, 0.3) is 0 Å². The molecule has 1 fully saturated rings. The number of rotatable bonds is 3. The molecule has 0 aromatic carbocycles. The molecule has 1 nitrogen and oxygen atoms in total. The lowest BCUT2D eigenvalue weighted by atomic mass is 9.79. The Hall–Kier alpha value is -0.300. The van der Waals surface area contributed by atoms with Crippen LogP contribution in [0.4, 0.5) is 0 Å². The van der Waals surface area contributed by atoms with E-state index in [0.29, 0.717) is 0 Å². The number of ether oxygens (including phenoxy) is 1. The Labute approximate surface area is 56.7 Å². The topological polar surface area (TPSA) is 9.23 Å². The highest BCUT2D eigenvalue weighted by Crippen LogP contribution is 2.33. The molecule has 0 amide bonds. The minimum absolute atomic E-state index is 0.887. The smallest absolute Gasteiger partial charge is 0.0465 e. The van der Waals surface area contributed by atoms with E-state index in [1.54, 1.807) is 7.11 Å². The van der Waals surface area contributed by atoms with Crippen LogP contribution in [0.1, 0.15) is 19.3 Å². The second-order valence-electron chi connectivity index (χ2n) is 2.81. The van der Waals surface area contributed by atoms with Crippen molar-refractivity contribution in [3.05, 3.63) is 12.2 Å². The fraction of sp³-hybridized carbons (Fsp3) is 0.750. The highest BCUT2D eigenvalue weighted by molar-refractivity contribution is 5.07. The third-order valence-electron chi connectivity index (χ3n) is 1.88. The summed E-state index contributed by atoms with van der Waals surface area (Å²) < 4.78 is 4.95. The van der Waals surface area contributed by atoms with Crippen LogP contribution in [0.3, 0.4) is 0 Å². The second-order valence-corrected chi connectivity index (χ2v) is 2.81. The van der Waals surface area contributed by atoms with E-state index in [2.05, 4.69) is 6.58 Å². The van der Waals surface area contributed by atoms with Crippen molar-refractivity contribution in [2.45, 2.75) is 19.3 Å². The third-order valence-corrected chi connectivity index (χ3v) is 1.88. The van der Waals surface area contributed by atoms with Crippen LogP contribution in [0, 0.1) is 5.92 Å². The first kappa shape index (κ1) is 6.81. The maximum atomic E-state index is 4.95. The second kappa shape index (κ2) is 3.02. The monoisotopic (exact) mass is 126 g/mol. The first-order chi connectivity index (χ1) is 4.33. The molecule has 9 heavy (non-hydrogen) atoms. The van der Waals surface area contributed by atoms with Gasteiger partial charge in [0.05, 0.1) is 0 Å². The summed E-state index contributed by atoms with van der Waals surface area (Å²) in [7, 11) is 1.76. The highest BCUT2D eigenvalue weighted by Gasteiger charge is 2.20. The van der Waals surface area contributed by atoms with Gasteiger partial charge >= 0.3 is 0 Å². The maximum Gasteiger partial charge on any atom is 0.0465 e. The van der Waals surface area contributed by atoms with Gasteiger partial charge in [-0.15, -0.1) is 0 Å². The fourth-order valence-electron chi connectivity index (χ4n) is 1.25. The summed E-state index contributed by atoms with van der Waals surface area (Å²) in [6.07, 6.45) is 3.70. The minimum atomic E-state index is 0.887. The van der Waals surface area contributed by atoms with E-state index in [4.69, 9.17) is 4.74 Å². The summed E-state index contributed by atoms with van der Waals surface area (Å²) in [5, 5.41) is 0. The maximum absolute atomic E-state index is 4.95. The predicted octanol–water partition coefficient (Wildman–Crippen LogP) is 1.99. The molecule has 0 aliphatic heterocycles. The van der Waals surface area contributed by atoms with Crippen molar-refractivity contribution < 1.29 is 4.74 Å². The van der Waals surface area contributed by atoms with Crippen LogP contribution < -0.4 is 0 Å². The van der Waals surface area contributed by atoms with Gasteiger partial charge in [-0.3, -0.25) is 0 Å². The van der Waals surface area contributed by atoms with Crippen LogP contribution in [0.25, 0.3) is 0 Å². The molecule has 0 radical (unpaired) electrons. The molecule has 1 saturated carbocycles. The van der Waals surface area contributed by atoms with Crippen LogP contribution in [0.15, 0.2) is 12.2 Å². The highest BCUT2D eigenvalue weighted by atomic mass is 16.5. The molecule has 0 unspecified atom stereocenters. The molecule has 0 atom stereocenters. The largest absolute Gasteiger partial charge is 0.385 e. The molecular formula is C8H14O. The van der Waals surface area contributed by atoms with Gasteiger partial charge in [-0.25, -0.2) is 0 Å². The van der Waals surface area contributed by atoms with Gasteiger partial charge in [0.15, 0.2) is 0 Å². The van der Waals surface area contributed by atoms with Crippen molar-refractivity contribution in [3.63, 3.8) is 0 Å². The quantitative estimate of drug-likeness (QED) is 0.525. The summed E-state index contributed by atoms with van der Waals surface area (Å²) in [6.45, 7) is 4.79. The van der Waals surface area contributed by atoms with Gasteiger partial charge in [0, 0.05) is 13.7 Å². The Kier molecular flexibility index (Phi) is 2.29. The summed E-state index contributed by atoms with van der Waals surface area (Å²) in [5.74, 6) is 0.887. The van der Waals surface area contributed by atoms with E-state index in [1.807, 2.05) is 0 Å². The minimum Gasteiger partial charge on any atom is -0.385 e. The average molecular weight is 126 g/mol. The van der Waals surface area contributed by atoms with Crippen molar-refractivity contribution in [2.75, 3.05) is 13.7 Å². The molecule has 1 rings (SSSR count). The molecule has 1 aliphatic carbocycles. The molecule has 0 saturated heterocycles. The first-order valence-electron chi connectivity index (χ1n) is 3.48. The Morgan fingerprint density at radius 2 is 2.33 bits per heavy atom. The van der Waals surface area contributed by atoms with Gasteiger partial charge < -0.3 is 4.74 Å². The molecule has 0 bridgehead atoms. The van der Waals surface area contributed by atoms with Crippen LogP contribution in [-0.4, -0.2) is 13.7 Å². The van der Waals surface area contributed by atoms with Gasteiger partial charge in [-0.1, -0.05) is 12.2 Å². The molecular weight excluding hydrogens is 112 g/mol. The van der Waals surface area contributed by atoms with E-state index in [9.17, 15) is 0 Å². The van der Waals surface area contributed by atoms with Gasteiger partial charge in [0.1, 0.15) is 0 Å². The van der Waals surface area contributed by atoms with E-state index in [1.165, 1.54) is 24.8 Å². The zero-order valence-electron chi connectivity index (χ0n) is 6.02. The SMILES string of the molecule is C=C1CC(CCOC)C1. The van der Waals surface area contributed by atoms with E-state index in [0.717, 1.165) is 12.5 Å². The van der Waals surface area contributed by atoms with Crippen molar-refractivity contribution in [3.8, 4) is 0 Å². The molecule has 1 aliphatic rings. The first-order valence-corrected chi connectivity index (χ1v) is 3.48. The predicted molar refractivity (Wildman–Crippen MR) is 38.4 cm³/mol. The van der Waals surface area contributed by atoms with E-state index in [-0.39, 0.29) is 0 Å². The normalized spacial score (nSPS) is 19.9. The van der Waals surface area contributed by atoms with Crippen molar-refractivity contribution in [2.24, 2.45) is 5.92 Å². The van der Waals surface area contributed by atoms with Crippen LogP contribution >= 0.6 is 0 Å². The summed E-state index contributed by atoms with van der Waals surface area (Å²) in [5.41, 5.74) is 1.41. The zero-order valence-corrected chi connectivity index (χ0v) is 6.02.